The molecule has 0 aliphatic carbocycles. The number of carbonyl (C=O) groups excluding carboxylic acids is 1. The van der Waals surface area contributed by atoms with Crippen molar-refractivity contribution >= 4 is 12.4 Å². The van der Waals surface area contributed by atoms with Crippen LogP contribution in [0.25, 0.3) is 0 Å². The molecule has 1 amide bonds. The van der Waals surface area contributed by atoms with Crippen LogP contribution in [0, 0.1) is 0 Å². The maximum Gasteiger partial charge on any atom is 0.290 e. The number of nitrogens with one attached hydrogen (secondary N) is 1. The molecule has 2 aromatic rings. The van der Waals surface area contributed by atoms with Crippen molar-refractivity contribution in [2.75, 3.05) is 26.2 Å². The van der Waals surface area contributed by atoms with Crippen LogP contribution >= 0.6 is 0 Å². The number of likely N-dealkylation sites (tertiary alicyclic amines) is 1. The monoisotopic (exact) mass is 461 g/mol. The maximum atomic E-state index is 12.7. The topological polar surface area (TPSA) is 122 Å². The van der Waals surface area contributed by atoms with Crippen LogP contribution in [0.5, 0.6) is 0 Å². The van der Waals surface area contributed by atoms with E-state index in [2.05, 4.69) is 44.3 Å². The number of hydrogen-bond donors (Lipinski definition) is 3. The van der Waals surface area contributed by atoms with E-state index < -0.39 is 11.6 Å². The van der Waals surface area contributed by atoms with Crippen molar-refractivity contribution in [3.8, 4) is 0 Å². The van der Waals surface area contributed by atoms with Crippen molar-refractivity contribution in [2.45, 2.75) is 56.4 Å². The predicted octanol–water partition coefficient (Wildman–Crippen LogP) is 1.12. The number of nitrogens with zero attached hydrogens (tertiary/aromatic N) is 4. The zero-order chi connectivity index (χ0) is 23.9. The van der Waals surface area contributed by atoms with Gasteiger partial charge in [-0.2, -0.15) is 0 Å². The van der Waals surface area contributed by atoms with Gasteiger partial charge in [0.15, 0.2) is 0 Å². The van der Waals surface area contributed by atoms with Crippen LogP contribution < -0.4 is 5.32 Å². The number of aryl methyl sites for hydroxylation is 2. The van der Waals surface area contributed by atoms with E-state index in [9.17, 15) is 9.90 Å². The van der Waals surface area contributed by atoms with E-state index >= 15 is 0 Å². The molecule has 0 bridgehead atoms. The molecule has 2 saturated heterocycles. The summed E-state index contributed by atoms with van der Waals surface area (Å²) in [7, 11) is 1.83. The first-order valence-corrected chi connectivity index (χ1v) is 11.3. The number of rotatable bonds is 6. The van der Waals surface area contributed by atoms with E-state index in [0.29, 0.717) is 12.1 Å². The summed E-state index contributed by atoms with van der Waals surface area (Å²) in [5.41, 5.74) is -0.657. The molecule has 0 radical (unpaired) electrons. The van der Waals surface area contributed by atoms with Gasteiger partial charge in [-0.05, 0) is 44.9 Å². The van der Waals surface area contributed by atoms with Crippen LogP contribution in [-0.4, -0.2) is 85.1 Å². The Bertz CT molecular complexity index is 891. The average molecular weight is 462 g/mol. The first-order chi connectivity index (χ1) is 15.8. The van der Waals surface area contributed by atoms with Crippen LogP contribution in [-0.2, 0) is 23.1 Å². The first-order valence-electron chi connectivity index (χ1n) is 11.3. The quantitative estimate of drug-likeness (QED) is 0.551. The van der Waals surface area contributed by atoms with Gasteiger partial charge in [-0.1, -0.05) is 0 Å². The summed E-state index contributed by atoms with van der Waals surface area (Å²) in [5.74, 6) is -0.253. The summed E-state index contributed by atoms with van der Waals surface area (Å²) < 4.78 is 10.1. The van der Waals surface area contributed by atoms with Crippen molar-refractivity contribution in [3.63, 3.8) is 0 Å². The molecule has 2 aliphatic rings. The lowest BCUT2D eigenvalue weighted by Gasteiger charge is -2.52. The summed E-state index contributed by atoms with van der Waals surface area (Å²) in [4.78, 5) is 27.6. The molecule has 3 N–H and O–H groups in total. The third-order valence-corrected chi connectivity index (χ3v) is 6.63. The van der Waals surface area contributed by atoms with Gasteiger partial charge in [0.1, 0.15) is 11.8 Å². The predicted molar refractivity (Wildman–Crippen MR) is 122 cm³/mol. The minimum absolute atomic E-state index is 0.243. The van der Waals surface area contributed by atoms with Crippen molar-refractivity contribution in [1.82, 2.24) is 24.3 Å². The van der Waals surface area contributed by atoms with E-state index in [0.717, 1.165) is 45.4 Å². The zero-order valence-electron chi connectivity index (χ0n) is 19.4. The van der Waals surface area contributed by atoms with Crippen LogP contribution in [0.4, 0.5) is 0 Å². The van der Waals surface area contributed by atoms with Gasteiger partial charge in [-0.3, -0.25) is 9.59 Å². The number of aromatic nitrogens is 3. The third-order valence-electron chi connectivity index (χ3n) is 6.63. The molecule has 0 saturated carbocycles. The molecular formula is C23H35N5O5. The molecule has 182 valence electrons. The fourth-order valence-electron chi connectivity index (χ4n) is 4.76. The number of aliphatic hydroxyl groups excluding tert-OH is 1. The van der Waals surface area contributed by atoms with E-state index in [1.807, 2.05) is 14.0 Å². The van der Waals surface area contributed by atoms with E-state index in [4.69, 9.17) is 14.6 Å². The number of carbonyl (C=O) groups is 2. The van der Waals surface area contributed by atoms with Crippen LogP contribution in [0.15, 0.2) is 37.1 Å². The van der Waals surface area contributed by atoms with Gasteiger partial charge < -0.3 is 34.3 Å². The first kappa shape index (κ1) is 24.9. The number of ether oxygens (including phenoxy) is 1. The minimum Gasteiger partial charge on any atom is -0.483 e. The highest BCUT2D eigenvalue weighted by molar-refractivity contribution is 5.92. The maximum absolute atomic E-state index is 12.7. The fourth-order valence-corrected chi connectivity index (χ4v) is 4.76. The van der Waals surface area contributed by atoms with E-state index in [-0.39, 0.29) is 24.6 Å². The number of amides is 1. The van der Waals surface area contributed by atoms with Crippen molar-refractivity contribution in [3.05, 3.63) is 42.7 Å². The van der Waals surface area contributed by atoms with Gasteiger partial charge >= 0.3 is 0 Å². The smallest absolute Gasteiger partial charge is 0.290 e. The van der Waals surface area contributed by atoms with Crippen LogP contribution in [0.3, 0.4) is 0 Å². The van der Waals surface area contributed by atoms with Gasteiger partial charge in [-0.15, -0.1) is 0 Å². The molecule has 10 heteroatoms. The lowest BCUT2D eigenvalue weighted by Crippen LogP contribution is -2.65. The van der Waals surface area contributed by atoms with E-state index in [1.54, 1.807) is 17.1 Å². The second-order valence-corrected chi connectivity index (χ2v) is 9.20. The van der Waals surface area contributed by atoms with Crippen LogP contribution in [0.2, 0.25) is 0 Å². The molecule has 2 aliphatic heterocycles. The Morgan fingerprint density at radius 2 is 1.97 bits per heavy atom. The lowest BCUT2D eigenvalue weighted by molar-refractivity contribution is -0.177. The summed E-state index contributed by atoms with van der Waals surface area (Å²) in [5, 5.41) is 20.6. The summed E-state index contributed by atoms with van der Waals surface area (Å²) in [6, 6.07) is 4.12. The van der Waals surface area contributed by atoms with Gasteiger partial charge in [0.25, 0.3) is 12.4 Å². The number of hydrogen-bond acceptors (Lipinski definition) is 6. The van der Waals surface area contributed by atoms with Gasteiger partial charge in [-0.25, -0.2) is 4.98 Å². The summed E-state index contributed by atoms with van der Waals surface area (Å²) in [6.45, 7) is 5.98. The number of piperidine rings is 1. The Balaban J connectivity index is 0.000000968. The molecule has 1 spiro atoms. The molecule has 4 rings (SSSR count). The average Bonchev–Trinajstić information content (AvgIpc) is 3.45. The normalized spacial score (nSPS) is 24.6. The third kappa shape index (κ3) is 6.43. The molecule has 10 nitrogen and oxygen atoms in total. The number of carboxylic acid groups (broad SMARTS) is 1. The Labute approximate surface area is 194 Å². The van der Waals surface area contributed by atoms with E-state index in [1.165, 1.54) is 0 Å². The standard InChI is InChI=1S/C22H33N5O3.CH2O2/c1-21(24-20(29)18-14-25(2)17-23-18)16-22(30-15-19(21)28)6-12-27(13-7-22)11-5-10-26-8-3-4-9-26;2-1-3/h3-4,8-9,14,17,19,28H,5-7,10-13,15-16H2,1-2H3,(H,24,29);1H,(H,2,3)/t19-,21-;/m0./s1. The van der Waals surface area contributed by atoms with Gasteiger partial charge in [0, 0.05) is 51.7 Å². The molecular weight excluding hydrogens is 426 g/mol. The highest BCUT2D eigenvalue weighted by Crippen LogP contribution is 2.39. The summed E-state index contributed by atoms with van der Waals surface area (Å²) in [6.07, 6.45) is 10.3. The lowest BCUT2D eigenvalue weighted by atomic mass is 9.74. The molecule has 33 heavy (non-hydrogen) atoms. The van der Waals surface area contributed by atoms with Crippen molar-refractivity contribution < 1.29 is 24.5 Å². The number of aliphatic hydroxyl groups is 1. The highest BCUT2D eigenvalue weighted by atomic mass is 16.5. The Hall–Kier alpha value is -2.69. The zero-order valence-corrected chi connectivity index (χ0v) is 19.4. The minimum atomic E-state index is -0.740. The molecule has 4 heterocycles. The largest absolute Gasteiger partial charge is 0.483 e. The Morgan fingerprint density at radius 1 is 1.30 bits per heavy atom. The van der Waals surface area contributed by atoms with Crippen LogP contribution in [0.1, 0.15) is 43.1 Å². The second kappa shape index (κ2) is 11.0. The highest BCUT2D eigenvalue weighted by Gasteiger charge is 2.50. The fraction of sp³-hybridized carbons (Fsp3) is 0.609. The molecule has 2 atom stereocenters. The Kier molecular flexibility index (Phi) is 8.28. The SMILES string of the molecule is Cn1cnc(C(=O)N[C@@]2(C)CC3(CCN(CCCn4cccc4)CC3)OC[C@@H]2O)c1.O=CO. The summed E-state index contributed by atoms with van der Waals surface area (Å²) >= 11 is 0. The number of imidazole rings is 1. The second-order valence-electron chi connectivity index (χ2n) is 9.20. The van der Waals surface area contributed by atoms with Gasteiger partial charge in [0.05, 0.1) is 24.1 Å². The molecule has 2 aromatic heterocycles. The Morgan fingerprint density at radius 3 is 2.58 bits per heavy atom. The molecule has 0 unspecified atom stereocenters. The van der Waals surface area contributed by atoms with Crippen molar-refractivity contribution in [1.29, 1.82) is 0 Å². The molecule has 0 aromatic carbocycles. The van der Waals surface area contributed by atoms with Crippen molar-refractivity contribution in [2.24, 2.45) is 7.05 Å². The molecule has 2 fully saturated rings. The van der Waals surface area contributed by atoms with Gasteiger partial charge in [0.2, 0.25) is 0 Å².